The molecule has 21 heavy (non-hydrogen) atoms. The molecule has 6 nitrogen and oxygen atoms in total. The number of methoxy groups -OCH3 is 1. The lowest BCUT2D eigenvalue weighted by Gasteiger charge is -2.36. The number of halogens is 3. The number of alkyl halides is 3. The van der Waals surface area contributed by atoms with Crippen molar-refractivity contribution in [2.24, 2.45) is 5.73 Å². The molecule has 0 aliphatic heterocycles. The predicted molar refractivity (Wildman–Crippen MR) is 66.4 cm³/mol. The van der Waals surface area contributed by atoms with Crippen molar-refractivity contribution in [3.8, 4) is 0 Å². The van der Waals surface area contributed by atoms with Gasteiger partial charge in [-0.15, -0.1) is 0 Å². The van der Waals surface area contributed by atoms with Crippen molar-refractivity contribution in [3.05, 3.63) is 0 Å². The lowest BCUT2D eigenvalue weighted by atomic mass is 9.91. The van der Waals surface area contributed by atoms with E-state index in [9.17, 15) is 22.8 Å². The van der Waals surface area contributed by atoms with Crippen LogP contribution >= 0.6 is 0 Å². The topological polar surface area (TPSA) is 81.9 Å². The average molecular weight is 312 g/mol. The highest BCUT2D eigenvalue weighted by Crippen LogP contribution is 2.28. The summed E-state index contributed by atoms with van der Waals surface area (Å²) in [6, 6.07) is -0.540. The number of nitrogens with two attached hydrogens (primary N) is 1. The van der Waals surface area contributed by atoms with Crippen molar-refractivity contribution in [1.82, 2.24) is 4.90 Å². The number of amides is 2. The Bertz CT molecular complexity index is 368. The molecule has 1 aliphatic carbocycles. The maximum absolute atomic E-state index is 12.6. The first-order valence-electron chi connectivity index (χ1n) is 6.58. The molecule has 0 aromatic carbocycles. The van der Waals surface area contributed by atoms with E-state index in [1.54, 1.807) is 0 Å². The van der Waals surface area contributed by atoms with Crippen LogP contribution in [0.5, 0.6) is 0 Å². The van der Waals surface area contributed by atoms with E-state index in [-0.39, 0.29) is 13.2 Å². The fourth-order valence-corrected chi connectivity index (χ4v) is 2.44. The third kappa shape index (κ3) is 5.41. The number of carbonyl (C=O) groups excluding carboxylic acids is 2. The van der Waals surface area contributed by atoms with Gasteiger partial charge >= 0.3 is 18.2 Å². The number of primary amides is 1. The molecule has 0 aromatic rings. The number of nitrogens with zero attached hydrogens (tertiary/aromatic N) is 1. The summed E-state index contributed by atoms with van der Waals surface area (Å²) in [5.41, 5.74) is 4.90. The van der Waals surface area contributed by atoms with Gasteiger partial charge in [-0.25, -0.2) is 4.79 Å². The van der Waals surface area contributed by atoms with Gasteiger partial charge in [0.1, 0.15) is 6.10 Å². The summed E-state index contributed by atoms with van der Waals surface area (Å²) in [4.78, 5) is 22.9. The van der Waals surface area contributed by atoms with Gasteiger partial charge in [-0.1, -0.05) is 0 Å². The van der Waals surface area contributed by atoms with Gasteiger partial charge in [0.15, 0.2) is 0 Å². The summed E-state index contributed by atoms with van der Waals surface area (Å²) in [6.45, 7) is -0.0968. The normalized spacial score (nSPS) is 22.7. The van der Waals surface area contributed by atoms with Crippen LogP contribution in [0.3, 0.4) is 0 Å². The lowest BCUT2D eigenvalue weighted by molar-refractivity contribution is -0.189. The van der Waals surface area contributed by atoms with E-state index >= 15 is 0 Å². The summed E-state index contributed by atoms with van der Waals surface area (Å²) in [6.07, 6.45) is -4.81. The van der Waals surface area contributed by atoms with E-state index in [2.05, 4.69) is 0 Å². The molecule has 0 atom stereocenters. The summed E-state index contributed by atoms with van der Waals surface area (Å²) in [5.74, 6) is -1.86. The van der Waals surface area contributed by atoms with Crippen LogP contribution in [0.15, 0.2) is 0 Å². The van der Waals surface area contributed by atoms with Crippen LogP contribution in [0.25, 0.3) is 0 Å². The van der Waals surface area contributed by atoms with Gasteiger partial charge in [0.05, 0.1) is 6.61 Å². The second-order valence-electron chi connectivity index (χ2n) is 4.86. The SMILES string of the molecule is COCCN(C(=O)C(F)(F)F)C1CCC(OC(N)=O)CC1. The molecule has 0 radical (unpaired) electrons. The molecular weight excluding hydrogens is 293 g/mol. The van der Waals surface area contributed by atoms with Crippen molar-refractivity contribution < 1.29 is 32.2 Å². The third-order valence-corrected chi connectivity index (χ3v) is 3.41. The average Bonchev–Trinajstić information content (AvgIpc) is 2.39. The van der Waals surface area contributed by atoms with Crippen LogP contribution in [-0.4, -0.2) is 55.5 Å². The Morgan fingerprint density at radius 2 is 1.81 bits per heavy atom. The van der Waals surface area contributed by atoms with Crippen molar-refractivity contribution in [2.75, 3.05) is 20.3 Å². The van der Waals surface area contributed by atoms with Gasteiger partial charge in [0.2, 0.25) is 0 Å². The zero-order chi connectivity index (χ0) is 16.0. The fourth-order valence-electron chi connectivity index (χ4n) is 2.44. The largest absolute Gasteiger partial charge is 0.471 e. The summed E-state index contributed by atoms with van der Waals surface area (Å²) < 4.78 is 47.4. The van der Waals surface area contributed by atoms with E-state index in [1.807, 2.05) is 0 Å². The Labute approximate surface area is 120 Å². The van der Waals surface area contributed by atoms with Gasteiger partial charge in [-0.05, 0) is 25.7 Å². The summed E-state index contributed by atoms with van der Waals surface area (Å²) in [5, 5.41) is 0. The maximum atomic E-state index is 12.6. The first-order chi connectivity index (χ1) is 9.75. The van der Waals surface area contributed by atoms with Crippen molar-refractivity contribution in [2.45, 2.75) is 44.0 Å². The van der Waals surface area contributed by atoms with Crippen LogP contribution in [0, 0.1) is 0 Å². The zero-order valence-electron chi connectivity index (χ0n) is 11.7. The highest BCUT2D eigenvalue weighted by Gasteiger charge is 2.45. The number of hydrogen-bond acceptors (Lipinski definition) is 4. The molecular formula is C12H19F3N2O4. The molecule has 1 saturated carbocycles. The minimum Gasteiger partial charge on any atom is -0.446 e. The molecule has 1 fully saturated rings. The standard InChI is InChI=1S/C12H19F3N2O4/c1-20-7-6-17(10(18)12(13,14)15)8-2-4-9(5-3-8)21-11(16)19/h8-9H,2-7H2,1H3,(H2,16,19). The molecule has 9 heteroatoms. The van der Waals surface area contributed by atoms with Gasteiger partial charge in [-0.2, -0.15) is 13.2 Å². The molecule has 1 rings (SSSR count). The van der Waals surface area contributed by atoms with E-state index in [1.165, 1.54) is 7.11 Å². The Morgan fingerprint density at radius 3 is 2.24 bits per heavy atom. The fraction of sp³-hybridized carbons (Fsp3) is 0.833. The number of rotatable bonds is 5. The first kappa shape index (κ1) is 17.5. The Morgan fingerprint density at radius 1 is 1.24 bits per heavy atom. The van der Waals surface area contributed by atoms with Crippen LogP contribution < -0.4 is 5.73 Å². The molecule has 0 bridgehead atoms. The van der Waals surface area contributed by atoms with Crippen molar-refractivity contribution >= 4 is 12.0 Å². The highest BCUT2D eigenvalue weighted by atomic mass is 19.4. The van der Waals surface area contributed by atoms with Crippen LogP contribution in [0.2, 0.25) is 0 Å². The molecule has 0 aromatic heterocycles. The molecule has 2 amide bonds. The van der Waals surface area contributed by atoms with Crippen LogP contribution in [-0.2, 0) is 14.3 Å². The minimum atomic E-state index is -4.91. The molecule has 0 unspecified atom stereocenters. The lowest BCUT2D eigenvalue weighted by Crippen LogP contribution is -2.50. The molecule has 0 spiro atoms. The monoisotopic (exact) mass is 312 g/mol. The maximum Gasteiger partial charge on any atom is 0.471 e. The number of carbonyl (C=O) groups is 2. The van der Waals surface area contributed by atoms with E-state index in [4.69, 9.17) is 15.2 Å². The van der Waals surface area contributed by atoms with Crippen molar-refractivity contribution in [1.29, 1.82) is 0 Å². The molecule has 0 saturated heterocycles. The Hall–Kier alpha value is -1.51. The van der Waals surface area contributed by atoms with Gasteiger partial charge in [0.25, 0.3) is 0 Å². The van der Waals surface area contributed by atoms with Crippen molar-refractivity contribution in [3.63, 3.8) is 0 Å². The van der Waals surface area contributed by atoms with E-state index in [0.717, 1.165) is 4.90 Å². The second kappa shape index (κ2) is 7.48. The third-order valence-electron chi connectivity index (χ3n) is 3.41. The van der Waals surface area contributed by atoms with Crippen LogP contribution in [0.1, 0.15) is 25.7 Å². The highest BCUT2D eigenvalue weighted by molar-refractivity contribution is 5.82. The molecule has 2 N–H and O–H groups in total. The molecule has 1 aliphatic rings. The van der Waals surface area contributed by atoms with Gasteiger partial charge in [0, 0.05) is 19.7 Å². The van der Waals surface area contributed by atoms with Crippen LogP contribution in [0.4, 0.5) is 18.0 Å². The quantitative estimate of drug-likeness (QED) is 0.832. The number of ether oxygens (including phenoxy) is 2. The zero-order valence-corrected chi connectivity index (χ0v) is 11.7. The number of hydrogen-bond donors (Lipinski definition) is 1. The van der Waals surface area contributed by atoms with Gasteiger partial charge in [-0.3, -0.25) is 4.79 Å². The summed E-state index contributed by atoms with van der Waals surface area (Å²) >= 11 is 0. The molecule has 0 heterocycles. The summed E-state index contributed by atoms with van der Waals surface area (Å²) in [7, 11) is 1.36. The Kier molecular flexibility index (Phi) is 6.25. The predicted octanol–water partition coefficient (Wildman–Crippen LogP) is 1.43. The minimum absolute atomic E-state index is 0.0273. The van der Waals surface area contributed by atoms with Gasteiger partial charge < -0.3 is 20.1 Å². The van der Waals surface area contributed by atoms with E-state index in [0.29, 0.717) is 25.7 Å². The second-order valence-corrected chi connectivity index (χ2v) is 4.86. The smallest absolute Gasteiger partial charge is 0.446 e. The Balaban J connectivity index is 2.64. The van der Waals surface area contributed by atoms with E-state index < -0.39 is 30.3 Å². The first-order valence-corrected chi connectivity index (χ1v) is 6.58. The molecule has 122 valence electrons.